The number of methoxy groups -OCH3 is 1. The maximum Gasteiger partial charge on any atom is 0.251 e. The van der Waals surface area contributed by atoms with E-state index in [-0.39, 0.29) is 11.8 Å². The van der Waals surface area contributed by atoms with Gasteiger partial charge in [0, 0.05) is 22.6 Å². The van der Waals surface area contributed by atoms with Gasteiger partial charge in [-0.15, -0.1) is 0 Å². The number of hydrogen-bond acceptors (Lipinski definition) is 5. The number of rotatable bonds is 4. The van der Waals surface area contributed by atoms with Crippen LogP contribution in [0.5, 0.6) is 11.5 Å². The molecule has 6 heteroatoms. The molecule has 2 heterocycles. The summed E-state index contributed by atoms with van der Waals surface area (Å²) in [6.45, 7) is 0. The van der Waals surface area contributed by atoms with Gasteiger partial charge in [-0.05, 0) is 48.0 Å². The molecule has 3 aromatic carbocycles. The lowest BCUT2D eigenvalue weighted by Gasteiger charge is -2.37. The summed E-state index contributed by atoms with van der Waals surface area (Å²) >= 11 is 6.04. The van der Waals surface area contributed by atoms with Gasteiger partial charge < -0.3 is 9.47 Å². The van der Waals surface area contributed by atoms with Crippen LogP contribution in [0.3, 0.4) is 0 Å². The first kappa shape index (κ1) is 18.7. The lowest BCUT2D eigenvalue weighted by atomic mass is 9.96. The van der Waals surface area contributed by atoms with Gasteiger partial charge >= 0.3 is 0 Å². The van der Waals surface area contributed by atoms with E-state index in [4.69, 9.17) is 26.2 Å². The van der Waals surface area contributed by atoms with Crippen LogP contribution in [0.1, 0.15) is 33.9 Å². The minimum Gasteiger partial charge on any atom is -0.497 e. The number of fused-ring (bicyclic) bond motifs is 3. The summed E-state index contributed by atoms with van der Waals surface area (Å²) in [5.74, 6) is 1.28. The number of nitrogens with zero attached hydrogens (tertiary/aromatic N) is 2. The van der Waals surface area contributed by atoms with E-state index in [9.17, 15) is 4.79 Å². The Kier molecular flexibility index (Phi) is 4.68. The Balaban J connectivity index is 1.53. The maximum atomic E-state index is 13.3. The molecular weight excluding hydrogens is 400 g/mol. The standard InChI is InChI=1S/C24H19ClN2O3/c1-29-18-12-8-16(9-13-18)23(28)24-27-21(19-4-2-3-5-22(19)30-24)14-20(26-27)15-6-10-17(25)11-7-15/h2-13,21,24H,14H2,1H3/t21-,24-/m1/s1. The molecule has 0 N–H and O–H groups in total. The molecule has 0 amide bonds. The van der Waals surface area contributed by atoms with Crippen molar-refractivity contribution in [2.45, 2.75) is 18.7 Å². The fraction of sp³-hybridized carbons (Fsp3) is 0.167. The molecule has 0 spiro atoms. The Bertz CT molecular complexity index is 1130. The second-order valence-electron chi connectivity index (χ2n) is 7.25. The van der Waals surface area contributed by atoms with Gasteiger partial charge in [-0.2, -0.15) is 5.10 Å². The van der Waals surface area contributed by atoms with E-state index in [0.717, 1.165) is 22.6 Å². The summed E-state index contributed by atoms with van der Waals surface area (Å²) in [4.78, 5) is 13.3. The van der Waals surface area contributed by atoms with Gasteiger partial charge in [-0.3, -0.25) is 4.79 Å². The number of ketones is 1. The summed E-state index contributed by atoms with van der Waals surface area (Å²) in [6, 6.07) is 22.4. The third-order valence-corrected chi connectivity index (χ3v) is 5.73. The molecule has 3 aromatic rings. The quantitative estimate of drug-likeness (QED) is 0.553. The number of hydrazone groups is 1. The summed E-state index contributed by atoms with van der Waals surface area (Å²) in [7, 11) is 1.60. The van der Waals surface area contributed by atoms with Gasteiger partial charge in [-0.1, -0.05) is 41.9 Å². The van der Waals surface area contributed by atoms with E-state index in [0.29, 0.717) is 22.8 Å². The molecule has 0 saturated heterocycles. The van der Waals surface area contributed by atoms with Crippen molar-refractivity contribution in [1.82, 2.24) is 5.01 Å². The lowest BCUT2D eigenvalue weighted by Crippen LogP contribution is -2.45. The summed E-state index contributed by atoms with van der Waals surface area (Å²) in [5, 5.41) is 7.27. The highest BCUT2D eigenvalue weighted by Crippen LogP contribution is 2.43. The van der Waals surface area contributed by atoms with Crippen molar-refractivity contribution in [3.63, 3.8) is 0 Å². The van der Waals surface area contributed by atoms with Gasteiger partial charge in [0.05, 0.1) is 18.9 Å². The number of benzene rings is 3. The lowest BCUT2D eigenvalue weighted by molar-refractivity contribution is -0.00455. The highest BCUT2D eigenvalue weighted by Gasteiger charge is 2.43. The Morgan fingerprint density at radius 1 is 1.07 bits per heavy atom. The van der Waals surface area contributed by atoms with Gasteiger partial charge in [-0.25, -0.2) is 5.01 Å². The van der Waals surface area contributed by atoms with Crippen LogP contribution >= 0.6 is 11.6 Å². The van der Waals surface area contributed by atoms with Crippen LogP contribution < -0.4 is 9.47 Å². The topological polar surface area (TPSA) is 51.1 Å². The normalized spacial score (nSPS) is 19.4. The van der Waals surface area contributed by atoms with Gasteiger partial charge in [0.1, 0.15) is 11.5 Å². The van der Waals surface area contributed by atoms with Crippen molar-refractivity contribution in [1.29, 1.82) is 0 Å². The van der Waals surface area contributed by atoms with Crippen molar-refractivity contribution >= 4 is 23.1 Å². The van der Waals surface area contributed by atoms with Gasteiger partial charge in [0.15, 0.2) is 0 Å². The predicted octanol–water partition coefficient (Wildman–Crippen LogP) is 5.10. The summed E-state index contributed by atoms with van der Waals surface area (Å²) in [6.07, 6.45) is -0.142. The molecule has 2 aliphatic rings. The minimum absolute atomic E-state index is 0.0622. The van der Waals surface area contributed by atoms with E-state index in [1.54, 1.807) is 36.4 Å². The monoisotopic (exact) mass is 418 g/mol. The molecule has 0 fully saturated rings. The maximum absolute atomic E-state index is 13.3. The van der Waals surface area contributed by atoms with Gasteiger partial charge in [0.25, 0.3) is 6.23 Å². The molecule has 0 unspecified atom stereocenters. The molecular formula is C24H19ClN2O3. The second-order valence-corrected chi connectivity index (χ2v) is 7.69. The first-order valence-corrected chi connectivity index (χ1v) is 10.1. The van der Waals surface area contributed by atoms with Crippen molar-refractivity contribution in [3.05, 3.63) is 94.5 Å². The number of carbonyl (C=O) groups excluding carboxylic acids is 1. The molecule has 5 rings (SSSR count). The molecule has 2 aliphatic heterocycles. The first-order valence-electron chi connectivity index (χ1n) is 9.69. The molecule has 0 aromatic heterocycles. The van der Waals surface area contributed by atoms with E-state index in [2.05, 4.69) is 0 Å². The Morgan fingerprint density at radius 2 is 1.80 bits per heavy atom. The molecule has 2 atom stereocenters. The van der Waals surface area contributed by atoms with Crippen LogP contribution in [0.15, 0.2) is 77.9 Å². The highest BCUT2D eigenvalue weighted by atomic mass is 35.5. The average Bonchev–Trinajstić information content (AvgIpc) is 3.24. The third-order valence-electron chi connectivity index (χ3n) is 5.48. The molecule has 150 valence electrons. The van der Waals surface area contributed by atoms with Gasteiger partial charge in [0.2, 0.25) is 5.78 Å². The van der Waals surface area contributed by atoms with Crippen molar-refractivity contribution in [2.24, 2.45) is 5.10 Å². The van der Waals surface area contributed by atoms with Crippen molar-refractivity contribution in [2.75, 3.05) is 7.11 Å². The molecule has 30 heavy (non-hydrogen) atoms. The number of ether oxygens (including phenoxy) is 2. The Morgan fingerprint density at radius 3 is 2.53 bits per heavy atom. The largest absolute Gasteiger partial charge is 0.497 e. The molecule has 0 radical (unpaired) electrons. The number of Topliss-reactive ketones (excluding diaryl/α,β-unsaturated/α-hetero) is 1. The van der Waals surface area contributed by atoms with Crippen LogP contribution in [0.25, 0.3) is 0 Å². The van der Waals surface area contributed by atoms with Crippen LogP contribution in [-0.4, -0.2) is 29.8 Å². The van der Waals surface area contributed by atoms with Crippen molar-refractivity contribution in [3.8, 4) is 11.5 Å². The smallest absolute Gasteiger partial charge is 0.251 e. The molecule has 0 saturated carbocycles. The summed E-state index contributed by atoms with van der Waals surface area (Å²) in [5.41, 5.74) is 3.48. The zero-order chi connectivity index (χ0) is 20.7. The van der Waals surface area contributed by atoms with E-state index in [1.807, 2.05) is 48.5 Å². The van der Waals surface area contributed by atoms with Crippen LogP contribution in [-0.2, 0) is 0 Å². The zero-order valence-electron chi connectivity index (χ0n) is 16.3. The average molecular weight is 419 g/mol. The molecule has 5 nitrogen and oxygen atoms in total. The molecule has 0 bridgehead atoms. The second kappa shape index (κ2) is 7.50. The third kappa shape index (κ3) is 3.21. The van der Waals surface area contributed by atoms with Crippen molar-refractivity contribution < 1.29 is 14.3 Å². The fourth-order valence-corrected chi connectivity index (χ4v) is 4.05. The minimum atomic E-state index is -0.830. The number of carbonyl (C=O) groups is 1. The predicted molar refractivity (Wildman–Crippen MR) is 115 cm³/mol. The van der Waals surface area contributed by atoms with E-state index in [1.165, 1.54) is 0 Å². The van der Waals surface area contributed by atoms with Crippen LogP contribution in [0, 0.1) is 0 Å². The van der Waals surface area contributed by atoms with Crippen LogP contribution in [0.4, 0.5) is 0 Å². The molecule has 0 aliphatic carbocycles. The Hall–Kier alpha value is -3.31. The Labute approximate surface area is 179 Å². The fourth-order valence-electron chi connectivity index (χ4n) is 3.92. The van der Waals surface area contributed by atoms with E-state index >= 15 is 0 Å². The highest BCUT2D eigenvalue weighted by molar-refractivity contribution is 6.30. The number of halogens is 1. The zero-order valence-corrected chi connectivity index (χ0v) is 17.0. The first-order chi connectivity index (χ1) is 14.6. The number of para-hydroxylation sites is 1. The number of hydrogen-bond donors (Lipinski definition) is 0. The summed E-state index contributed by atoms with van der Waals surface area (Å²) < 4.78 is 11.3. The van der Waals surface area contributed by atoms with E-state index < -0.39 is 6.23 Å². The SMILES string of the molecule is COc1ccc(C(=O)[C@H]2Oc3ccccc3[C@H]3CC(c4ccc(Cl)cc4)=NN23)cc1. The van der Waals surface area contributed by atoms with Crippen LogP contribution in [0.2, 0.25) is 5.02 Å².